The number of hydrogen-bond acceptors (Lipinski definition) is 3. The highest BCUT2D eigenvalue weighted by molar-refractivity contribution is 5.97. The molecule has 1 aromatic rings. The van der Waals surface area contributed by atoms with Gasteiger partial charge >= 0.3 is 0 Å². The Morgan fingerprint density at radius 3 is 2.85 bits per heavy atom. The van der Waals surface area contributed by atoms with Crippen LogP contribution in [0.2, 0.25) is 0 Å². The monoisotopic (exact) mass is 275 g/mol. The van der Waals surface area contributed by atoms with Crippen molar-refractivity contribution < 1.29 is 9.53 Å². The van der Waals surface area contributed by atoms with Crippen LogP contribution in [0.4, 0.5) is 0 Å². The number of rotatable bonds is 4. The fourth-order valence-corrected chi connectivity index (χ4v) is 2.73. The van der Waals surface area contributed by atoms with Gasteiger partial charge < -0.3 is 4.74 Å². The summed E-state index contributed by atoms with van der Waals surface area (Å²) in [7, 11) is 1.63. The van der Waals surface area contributed by atoms with E-state index in [0.29, 0.717) is 12.0 Å². The van der Waals surface area contributed by atoms with Gasteiger partial charge in [-0.1, -0.05) is 26.0 Å². The molecule has 0 N–H and O–H groups in total. The second kappa shape index (κ2) is 6.40. The van der Waals surface area contributed by atoms with Crippen LogP contribution < -0.4 is 4.74 Å². The average Bonchev–Trinajstić information content (AvgIpc) is 2.60. The number of benzene rings is 1. The lowest BCUT2D eigenvalue weighted by molar-refractivity contribution is 0.0930. The zero-order chi connectivity index (χ0) is 14.6. The molecule has 1 aromatic carbocycles. The number of likely N-dealkylation sites (tertiary alicyclic amines) is 1. The number of nitrogens with zero attached hydrogens (tertiary/aromatic N) is 1. The molecule has 110 valence electrons. The van der Waals surface area contributed by atoms with Gasteiger partial charge in [0.25, 0.3) is 0 Å². The van der Waals surface area contributed by atoms with Gasteiger partial charge in [0.1, 0.15) is 5.75 Å². The first-order chi connectivity index (χ1) is 9.50. The summed E-state index contributed by atoms with van der Waals surface area (Å²) < 4.78 is 5.18. The largest absolute Gasteiger partial charge is 0.497 e. The van der Waals surface area contributed by atoms with E-state index in [-0.39, 0.29) is 5.78 Å². The minimum atomic E-state index is 0.184. The summed E-state index contributed by atoms with van der Waals surface area (Å²) in [5.41, 5.74) is 1.15. The minimum Gasteiger partial charge on any atom is -0.497 e. The van der Waals surface area contributed by atoms with Crippen LogP contribution in [-0.4, -0.2) is 37.4 Å². The van der Waals surface area contributed by atoms with Crippen LogP contribution >= 0.6 is 0 Å². The van der Waals surface area contributed by atoms with Crippen molar-refractivity contribution >= 4 is 5.78 Å². The smallest absolute Gasteiger partial charge is 0.176 e. The summed E-state index contributed by atoms with van der Waals surface area (Å²) in [6.07, 6.45) is 3.59. The Morgan fingerprint density at radius 2 is 2.10 bits per heavy atom. The minimum absolute atomic E-state index is 0.184. The highest BCUT2D eigenvalue weighted by atomic mass is 16.5. The molecule has 0 atom stereocenters. The van der Waals surface area contributed by atoms with E-state index in [1.807, 2.05) is 24.3 Å². The van der Waals surface area contributed by atoms with Crippen LogP contribution in [0.5, 0.6) is 5.75 Å². The molecule has 0 bridgehead atoms. The fourth-order valence-electron chi connectivity index (χ4n) is 2.73. The van der Waals surface area contributed by atoms with Crippen LogP contribution in [0.15, 0.2) is 24.3 Å². The number of ether oxygens (including phenoxy) is 1. The molecule has 0 aromatic heterocycles. The molecule has 0 saturated carbocycles. The molecule has 1 saturated heterocycles. The third-order valence-corrected chi connectivity index (χ3v) is 4.19. The number of carbonyl (C=O) groups excluding carboxylic acids is 1. The molecule has 0 amide bonds. The molecule has 0 radical (unpaired) electrons. The summed E-state index contributed by atoms with van der Waals surface area (Å²) in [5, 5.41) is 0. The summed E-state index contributed by atoms with van der Waals surface area (Å²) in [6, 6.07) is 7.43. The van der Waals surface area contributed by atoms with Crippen molar-refractivity contribution in [2.24, 2.45) is 5.41 Å². The van der Waals surface area contributed by atoms with Gasteiger partial charge in [0.15, 0.2) is 5.78 Å². The van der Waals surface area contributed by atoms with Crippen LogP contribution in [0.1, 0.15) is 43.5 Å². The number of ketones is 1. The Bertz CT molecular complexity index is 468. The maximum atomic E-state index is 12.4. The number of Topliss-reactive ketones (excluding diaryl/α,β-unsaturated/α-hetero) is 1. The molecule has 0 spiro atoms. The Balaban J connectivity index is 1.97. The Labute approximate surface area is 121 Å². The Kier molecular flexibility index (Phi) is 4.81. The lowest BCUT2D eigenvalue weighted by Gasteiger charge is -2.22. The molecule has 1 heterocycles. The molecule has 1 fully saturated rings. The van der Waals surface area contributed by atoms with Crippen LogP contribution in [0.25, 0.3) is 0 Å². The molecule has 3 heteroatoms. The number of hydrogen-bond donors (Lipinski definition) is 0. The first kappa shape index (κ1) is 15.0. The Morgan fingerprint density at radius 1 is 1.30 bits per heavy atom. The zero-order valence-electron chi connectivity index (χ0n) is 12.8. The highest BCUT2D eigenvalue weighted by Crippen LogP contribution is 2.29. The predicted molar refractivity (Wildman–Crippen MR) is 81.4 cm³/mol. The van der Waals surface area contributed by atoms with Gasteiger partial charge in [0.2, 0.25) is 0 Å². The van der Waals surface area contributed by atoms with Crippen molar-refractivity contribution in [1.82, 2.24) is 4.90 Å². The van der Waals surface area contributed by atoms with E-state index in [2.05, 4.69) is 18.7 Å². The molecule has 1 aliphatic heterocycles. The fraction of sp³-hybridized carbons (Fsp3) is 0.588. The Hall–Kier alpha value is -1.35. The molecule has 1 aliphatic rings. The van der Waals surface area contributed by atoms with Crippen molar-refractivity contribution in [1.29, 1.82) is 0 Å². The van der Waals surface area contributed by atoms with Crippen molar-refractivity contribution in [3.05, 3.63) is 29.8 Å². The quantitative estimate of drug-likeness (QED) is 0.789. The van der Waals surface area contributed by atoms with Crippen molar-refractivity contribution in [2.45, 2.75) is 33.1 Å². The molecular formula is C17H25NO2. The highest BCUT2D eigenvalue weighted by Gasteiger charge is 2.24. The second-order valence-corrected chi connectivity index (χ2v) is 6.45. The number of carbonyl (C=O) groups is 1. The zero-order valence-corrected chi connectivity index (χ0v) is 12.8. The summed E-state index contributed by atoms with van der Waals surface area (Å²) in [6.45, 7) is 7.20. The van der Waals surface area contributed by atoms with E-state index in [0.717, 1.165) is 24.4 Å². The SMILES string of the molecule is COc1cccc(C(=O)CN2CCCC(C)(C)CC2)c1. The normalized spacial score (nSPS) is 19.4. The maximum absolute atomic E-state index is 12.4. The average molecular weight is 275 g/mol. The van der Waals surface area contributed by atoms with Crippen molar-refractivity contribution in [2.75, 3.05) is 26.7 Å². The van der Waals surface area contributed by atoms with E-state index in [9.17, 15) is 4.79 Å². The maximum Gasteiger partial charge on any atom is 0.176 e. The summed E-state index contributed by atoms with van der Waals surface area (Å²) in [4.78, 5) is 14.6. The third kappa shape index (κ3) is 4.07. The van der Waals surface area contributed by atoms with Gasteiger partial charge in [0, 0.05) is 5.56 Å². The van der Waals surface area contributed by atoms with Gasteiger partial charge in [-0.05, 0) is 49.9 Å². The molecule has 2 rings (SSSR count). The van der Waals surface area contributed by atoms with E-state index >= 15 is 0 Å². The standard InChI is InChI=1S/C17H25NO2/c1-17(2)8-5-10-18(11-9-17)13-16(19)14-6-4-7-15(12-14)20-3/h4,6-7,12H,5,8-11,13H2,1-3H3. The summed E-state index contributed by atoms with van der Waals surface area (Å²) in [5.74, 6) is 0.927. The lowest BCUT2D eigenvalue weighted by Crippen LogP contribution is -2.31. The number of methoxy groups -OCH3 is 1. The molecule has 20 heavy (non-hydrogen) atoms. The van der Waals surface area contributed by atoms with E-state index in [1.54, 1.807) is 7.11 Å². The molecule has 0 aliphatic carbocycles. The second-order valence-electron chi connectivity index (χ2n) is 6.45. The van der Waals surface area contributed by atoms with Crippen LogP contribution in [-0.2, 0) is 0 Å². The lowest BCUT2D eigenvalue weighted by atomic mass is 9.85. The van der Waals surface area contributed by atoms with E-state index in [1.165, 1.54) is 19.3 Å². The third-order valence-electron chi connectivity index (χ3n) is 4.19. The van der Waals surface area contributed by atoms with E-state index < -0.39 is 0 Å². The first-order valence-corrected chi connectivity index (χ1v) is 7.40. The predicted octanol–water partition coefficient (Wildman–Crippen LogP) is 3.39. The van der Waals surface area contributed by atoms with Gasteiger partial charge in [-0.15, -0.1) is 0 Å². The molecule has 3 nitrogen and oxygen atoms in total. The van der Waals surface area contributed by atoms with Gasteiger partial charge in [0.05, 0.1) is 13.7 Å². The van der Waals surface area contributed by atoms with Crippen molar-refractivity contribution in [3.8, 4) is 5.75 Å². The van der Waals surface area contributed by atoms with Gasteiger partial charge in [-0.3, -0.25) is 9.69 Å². The van der Waals surface area contributed by atoms with Gasteiger partial charge in [-0.25, -0.2) is 0 Å². The topological polar surface area (TPSA) is 29.5 Å². The molecule has 0 unspecified atom stereocenters. The molecular weight excluding hydrogens is 250 g/mol. The van der Waals surface area contributed by atoms with Crippen LogP contribution in [0, 0.1) is 5.41 Å². The summed E-state index contributed by atoms with van der Waals surface area (Å²) >= 11 is 0. The van der Waals surface area contributed by atoms with Gasteiger partial charge in [-0.2, -0.15) is 0 Å². The van der Waals surface area contributed by atoms with Crippen LogP contribution in [0.3, 0.4) is 0 Å². The van der Waals surface area contributed by atoms with Crippen molar-refractivity contribution in [3.63, 3.8) is 0 Å². The van der Waals surface area contributed by atoms with E-state index in [4.69, 9.17) is 4.74 Å². The first-order valence-electron chi connectivity index (χ1n) is 7.40.